The van der Waals surface area contributed by atoms with Gasteiger partial charge in [0.25, 0.3) is 0 Å². The SMILES string of the molecule is c1ccc(-c2cccc(-c3cccc(-c4ccc(-c5ccc(-n6c7ccccc7c7cc(-c8ccc9c(c8)c8ccccc8n9-c8ccccc8-c8ccccc8)ccc76)cc5)cc4)c3)c2)cc1.c1ccc(-c2cccc(-c3cccc(-c4ccc(-c5cccc(-n6c7ccccc7c7cc(-c8ccc9c(c8)c8ccccc8n9-c8ccccc8-c8ccccc8)ccc76)c5)cc4)c3)c2)cc1. The number of rotatable bonds is 16. The highest BCUT2D eigenvalue weighted by Crippen LogP contribution is 2.46. The fraction of sp³-hybridized carbons (Fsp3) is 0. The molecule has 0 radical (unpaired) electrons. The van der Waals surface area contributed by atoms with Crippen LogP contribution in [-0.2, 0) is 0 Å². The Hall–Kier alpha value is -18.0. The van der Waals surface area contributed by atoms with Crippen LogP contribution < -0.4 is 0 Å². The molecule has 26 aromatic rings. The fourth-order valence-electron chi connectivity index (χ4n) is 20.9. The van der Waals surface area contributed by atoms with E-state index >= 15 is 0 Å². The van der Waals surface area contributed by atoms with Crippen LogP contribution >= 0.6 is 0 Å². The van der Waals surface area contributed by atoms with Crippen LogP contribution in [0.2, 0.25) is 0 Å². The summed E-state index contributed by atoms with van der Waals surface area (Å²) in [6.07, 6.45) is 0. The normalized spacial score (nSPS) is 11.5. The zero-order valence-electron chi connectivity index (χ0n) is 74.6. The maximum atomic E-state index is 2.43. The first-order valence-corrected chi connectivity index (χ1v) is 46.8. The summed E-state index contributed by atoms with van der Waals surface area (Å²) in [6, 6.07) is 195. The Morgan fingerprint density at radius 1 is 0.0956 bits per heavy atom. The van der Waals surface area contributed by atoms with Crippen molar-refractivity contribution in [3.8, 4) is 156 Å². The van der Waals surface area contributed by atoms with E-state index in [9.17, 15) is 0 Å². The van der Waals surface area contributed by atoms with E-state index in [1.165, 1.54) is 232 Å². The van der Waals surface area contributed by atoms with Crippen LogP contribution in [0, 0.1) is 0 Å². The Morgan fingerprint density at radius 2 is 0.294 bits per heavy atom. The third-order valence-electron chi connectivity index (χ3n) is 27.5. The topological polar surface area (TPSA) is 19.7 Å². The second-order valence-corrected chi connectivity index (χ2v) is 35.4. The minimum atomic E-state index is 1.14. The van der Waals surface area contributed by atoms with E-state index in [1.54, 1.807) is 0 Å². The number of hydrogen-bond acceptors (Lipinski definition) is 0. The molecule has 0 bridgehead atoms. The van der Waals surface area contributed by atoms with Crippen LogP contribution in [0.4, 0.5) is 0 Å². The Bertz CT molecular complexity index is 9050. The van der Waals surface area contributed by atoms with Crippen molar-refractivity contribution in [1.82, 2.24) is 18.3 Å². The van der Waals surface area contributed by atoms with E-state index in [4.69, 9.17) is 0 Å². The minimum Gasteiger partial charge on any atom is -0.309 e. The molecule has 636 valence electrons. The van der Waals surface area contributed by atoms with E-state index in [2.05, 4.69) is 552 Å². The lowest BCUT2D eigenvalue weighted by Crippen LogP contribution is -1.97. The van der Waals surface area contributed by atoms with Crippen molar-refractivity contribution >= 4 is 87.2 Å². The zero-order valence-corrected chi connectivity index (χ0v) is 74.6. The standard InChI is InChI=1S/2C66H44N2/c1-3-16-45(17-4-1)49-20-13-22-51(40-49)52-23-14-21-50(41-52)46-32-34-47(35-33-46)53-24-15-25-56(42-53)67-63-30-11-8-27-58(63)60-43-54(36-38-65(60)67)55-37-39-66-61(44-55)59-28-9-12-31-64(59)68(66)62-29-10-7-26-57(62)48-18-5-2-6-19-48;1-3-15-45(16-4-1)50-19-13-21-52(41-50)53-22-14-20-51(42-53)48-31-29-46(30-32-48)47-33-37-56(38-34-47)67-63-27-11-8-24-58(63)60-43-54(35-39-65(60)67)55-36-40-66-61(44-55)59-25-9-12-28-64(59)68(66)62-26-10-7-23-57(62)49-17-5-2-6-18-49/h2*1-44H. The van der Waals surface area contributed by atoms with Gasteiger partial charge in [0, 0.05) is 65.6 Å². The summed E-state index contributed by atoms with van der Waals surface area (Å²) >= 11 is 0. The highest BCUT2D eigenvalue weighted by atomic mass is 15.0. The Morgan fingerprint density at radius 3 is 0.625 bits per heavy atom. The fourth-order valence-corrected chi connectivity index (χ4v) is 20.9. The second-order valence-electron chi connectivity index (χ2n) is 35.4. The molecule has 0 saturated heterocycles. The number of fused-ring (bicyclic) bond motifs is 12. The van der Waals surface area contributed by atoms with Crippen molar-refractivity contribution in [2.24, 2.45) is 0 Å². The third-order valence-corrected chi connectivity index (χ3v) is 27.5. The summed E-state index contributed by atoms with van der Waals surface area (Å²) in [5.41, 5.74) is 43.1. The summed E-state index contributed by atoms with van der Waals surface area (Å²) in [5.74, 6) is 0. The molecule has 4 aromatic heterocycles. The van der Waals surface area contributed by atoms with Gasteiger partial charge in [0.05, 0.1) is 55.5 Å². The predicted molar refractivity (Wildman–Crippen MR) is 575 cm³/mol. The Balaban J connectivity index is 0.000000145. The molecule has 136 heavy (non-hydrogen) atoms. The van der Waals surface area contributed by atoms with Crippen molar-refractivity contribution in [3.05, 3.63) is 534 Å². The monoisotopic (exact) mass is 1730 g/mol. The Labute approximate surface area is 790 Å². The van der Waals surface area contributed by atoms with Gasteiger partial charge in [0.15, 0.2) is 0 Å². The van der Waals surface area contributed by atoms with Gasteiger partial charge < -0.3 is 18.3 Å². The molecule has 0 aliphatic rings. The molecule has 4 heteroatoms. The molecule has 0 saturated carbocycles. The first-order valence-electron chi connectivity index (χ1n) is 46.8. The summed E-state index contributed by atoms with van der Waals surface area (Å²) in [4.78, 5) is 0. The van der Waals surface area contributed by atoms with Crippen LogP contribution in [0.5, 0.6) is 0 Å². The number of aromatic nitrogens is 4. The van der Waals surface area contributed by atoms with Crippen molar-refractivity contribution in [2.75, 3.05) is 0 Å². The van der Waals surface area contributed by atoms with Crippen LogP contribution in [0.15, 0.2) is 534 Å². The quantitative estimate of drug-likeness (QED) is 0.0919. The summed E-state index contributed by atoms with van der Waals surface area (Å²) in [7, 11) is 0. The first-order chi connectivity index (χ1) is 67.4. The lowest BCUT2D eigenvalue weighted by atomic mass is 9.95. The average molecular weight is 1730 g/mol. The van der Waals surface area contributed by atoms with Crippen LogP contribution in [0.1, 0.15) is 0 Å². The second kappa shape index (κ2) is 34.4. The molecule has 0 spiro atoms. The molecule has 22 aromatic carbocycles. The van der Waals surface area contributed by atoms with E-state index in [1.807, 2.05) is 0 Å². The molecule has 4 heterocycles. The molecule has 0 aliphatic heterocycles. The maximum absolute atomic E-state index is 2.43. The van der Waals surface area contributed by atoms with E-state index in [-0.39, 0.29) is 0 Å². The summed E-state index contributed by atoms with van der Waals surface area (Å²) in [6.45, 7) is 0. The van der Waals surface area contributed by atoms with Gasteiger partial charge in [-0.15, -0.1) is 0 Å². The van der Waals surface area contributed by atoms with Crippen LogP contribution in [-0.4, -0.2) is 18.3 Å². The van der Waals surface area contributed by atoms with Gasteiger partial charge in [-0.25, -0.2) is 0 Å². The van der Waals surface area contributed by atoms with Gasteiger partial charge in [-0.2, -0.15) is 0 Å². The van der Waals surface area contributed by atoms with Gasteiger partial charge in [-0.05, 0) is 256 Å². The molecule has 0 N–H and O–H groups in total. The third kappa shape index (κ3) is 14.6. The number of para-hydroxylation sites is 6. The van der Waals surface area contributed by atoms with Gasteiger partial charge >= 0.3 is 0 Å². The number of hydrogen-bond donors (Lipinski definition) is 0. The number of benzene rings is 22. The molecule has 0 atom stereocenters. The van der Waals surface area contributed by atoms with Gasteiger partial charge in [-0.1, -0.05) is 400 Å². The molecule has 4 nitrogen and oxygen atoms in total. The van der Waals surface area contributed by atoms with Gasteiger partial charge in [0.1, 0.15) is 0 Å². The van der Waals surface area contributed by atoms with Crippen molar-refractivity contribution < 1.29 is 0 Å². The molecule has 0 aliphatic carbocycles. The predicted octanol–water partition coefficient (Wildman–Crippen LogP) is 35.8. The Kier molecular flexibility index (Phi) is 20.3. The van der Waals surface area contributed by atoms with Crippen molar-refractivity contribution in [1.29, 1.82) is 0 Å². The molecule has 0 amide bonds. The molecule has 0 fully saturated rings. The van der Waals surface area contributed by atoms with Crippen LogP contribution in [0.25, 0.3) is 243 Å². The van der Waals surface area contributed by atoms with Gasteiger partial charge in [-0.3, -0.25) is 0 Å². The largest absolute Gasteiger partial charge is 0.309 e. The van der Waals surface area contributed by atoms with E-state index in [0.29, 0.717) is 0 Å². The maximum Gasteiger partial charge on any atom is 0.0541 e. The first kappa shape index (κ1) is 80.1. The van der Waals surface area contributed by atoms with Crippen molar-refractivity contribution in [3.63, 3.8) is 0 Å². The van der Waals surface area contributed by atoms with Gasteiger partial charge in [0.2, 0.25) is 0 Å². The average Bonchev–Trinajstić information content (AvgIpc) is 1.56. The van der Waals surface area contributed by atoms with E-state index < -0.39 is 0 Å². The molecule has 26 rings (SSSR count). The molecule has 0 unspecified atom stereocenters. The molecular weight excluding hydrogens is 1640 g/mol. The highest BCUT2D eigenvalue weighted by Gasteiger charge is 2.23. The van der Waals surface area contributed by atoms with Crippen molar-refractivity contribution in [2.45, 2.75) is 0 Å². The van der Waals surface area contributed by atoms with Crippen LogP contribution in [0.3, 0.4) is 0 Å². The molecular formula is C132H88N4. The van der Waals surface area contributed by atoms with E-state index in [0.717, 1.165) is 11.4 Å². The lowest BCUT2D eigenvalue weighted by molar-refractivity contribution is 1.18. The summed E-state index contributed by atoms with van der Waals surface area (Å²) in [5, 5.41) is 9.94. The smallest absolute Gasteiger partial charge is 0.0541 e. The summed E-state index contributed by atoms with van der Waals surface area (Å²) < 4.78 is 9.69. The number of nitrogens with zero attached hydrogens (tertiary/aromatic N) is 4. The highest BCUT2D eigenvalue weighted by molar-refractivity contribution is 6.16. The lowest BCUT2D eigenvalue weighted by Gasteiger charge is -2.14. The minimum absolute atomic E-state index is 1.14. The zero-order chi connectivity index (χ0) is 89.9.